The van der Waals surface area contributed by atoms with Crippen LogP contribution < -0.4 is 4.72 Å². The number of hydrogen-bond donors (Lipinski definition) is 1. The topological polar surface area (TPSA) is 76.1 Å². The summed E-state index contributed by atoms with van der Waals surface area (Å²) >= 11 is 0. The van der Waals surface area contributed by atoms with Gasteiger partial charge in [0.15, 0.2) is 0 Å². The Bertz CT molecular complexity index is 744. The van der Waals surface area contributed by atoms with Crippen LogP contribution in [0.25, 0.3) is 0 Å². The molecule has 0 radical (unpaired) electrons. The molecule has 0 saturated carbocycles. The Morgan fingerprint density at radius 1 is 1.13 bits per heavy atom. The number of aromatic nitrogens is 1. The van der Waals surface area contributed by atoms with Crippen molar-refractivity contribution in [3.8, 4) is 0 Å². The van der Waals surface area contributed by atoms with Crippen LogP contribution >= 0.6 is 0 Å². The fraction of sp³-hybridized carbons (Fsp3) is 0.294. The molecule has 0 aliphatic rings. The largest absolute Gasteiger partial charge is 0.274 e. The summed E-state index contributed by atoms with van der Waals surface area (Å²) in [5, 5.41) is 0. The first-order valence-corrected chi connectivity index (χ1v) is 8.89. The van der Waals surface area contributed by atoms with Crippen LogP contribution in [-0.2, 0) is 14.8 Å². The molecule has 0 aliphatic heterocycles. The van der Waals surface area contributed by atoms with Gasteiger partial charge in [0.1, 0.15) is 4.90 Å². The highest BCUT2D eigenvalue weighted by molar-refractivity contribution is 7.90. The van der Waals surface area contributed by atoms with E-state index in [9.17, 15) is 13.2 Å². The lowest BCUT2D eigenvalue weighted by molar-refractivity contribution is -0.119. The number of benzene rings is 1. The van der Waals surface area contributed by atoms with Crippen LogP contribution in [0.15, 0.2) is 59.8 Å². The van der Waals surface area contributed by atoms with Crippen molar-refractivity contribution in [2.24, 2.45) is 5.92 Å². The third kappa shape index (κ3) is 4.63. The predicted octanol–water partition coefficient (Wildman–Crippen LogP) is 2.72. The van der Waals surface area contributed by atoms with Crippen LogP contribution in [0.2, 0.25) is 0 Å². The summed E-state index contributed by atoms with van der Waals surface area (Å²) in [5.74, 6) is -0.346. The van der Waals surface area contributed by atoms with Crippen LogP contribution in [-0.4, -0.2) is 19.3 Å². The molecule has 23 heavy (non-hydrogen) atoms. The maximum Gasteiger partial charge on any atom is 0.265 e. The van der Waals surface area contributed by atoms with Crippen LogP contribution in [0.5, 0.6) is 0 Å². The van der Waals surface area contributed by atoms with Gasteiger partial charge in [-0.2, -0.15) is 0 Å². The van der Waals surface area contributed by atoms with Crippen molar-refractivity contribution in [1.82, 2.24) is 9.71 Å². The van der Waals surface area contributed by atoms with Crippen LogP contribution in [0.3, 0.4) is 0 Å². The van der Waals surface area contributed by atoms with Gasteiger partial charge < -0.3 is 0 Å². The third-order valence-electron chi connectivity index (χ3n) is 3.63. The highest BCUT2D eigenvalue weighted by atomic mass is 32.2. The molecule has 6 heteroatoms. The molecule has 1 amide bonds. The Hall–Kier alpha value is -2.21. The number of sulfonamides is 1. The smallest absolute Gasteiger partial charge is 0.265 e. The minimum Gasteiger partial charge on any atom is -0.274 e. The third-order valence-corrected chi connectivity index (χ3v) is 4.99. The maximum absolute atomic E-state index is 12.2. The van der Waals surface area contributed by atoms with E-state index in [0.29, 0.717) is 0 Å². The molecule has 1 N–H and O–H groups in total. The molecular formula is C17H20N2O3S. The zero-order valence-electron chi connectivity index (χ0n) is 13.1. The van der Waals surface area contributed by atoms with E-state index >= 15 is 0 Å². The van der Waals surface area contributed by atoms with Gasteiger partial charge in [-0.05, 0) is 29.5 Å². The number of carbonyl (C=O) groups is 1. The second-order valence-corrected chi connectivity index (χ2v) is 7.37. The van der Waals surface area contributed by atoms with Crippen molar-refractivity contribution in [3.05, 3.63) is 60.4 Å². The van der Waals surface area contributed by atoms with E-state index in [2.05, 4.69) is 9.71 Å². The van der Waals surface area contributed by atoms with E-state index in [0.717, 1.165) is 5.56 Å². The lowest BCUT2D eigenvalue weighted by Gasteiger charge is -2.20. The SMILES string of the molecule is CC(C)C(CC(=O)NS(=O)(=O)c1cccnc1)c1ccccc1. The molecule has 0 fully saturated rings. The summed E-state index contributed by atoms with van der Waals surface area (Å²) in [6.07, 6.45) is 2.80. The summed E-state index contributed by atoms with van der Waals surface area (Å²) in [4.78, 5) is 16.0. The van der Waals surface area contributed by atoms with E-state index in [4.69, 9.17) is 0 Å². The van der Waals surface area contributed by atoms with E-state index in [1.807, 2.05) is 44.2 Å². The van der Waals surface area contributed by atoms with Crippen molar-refractivity contribution >= 4 is 15.9 Å². The zero-order chi connectivity index (χ0) is 16.9. The highest BCUT2D eigenvalue weighted by Crippen LogP contribution is 2.27. The van der Waals surface area contributed by atoms with Crippen molar-refractivity contribution in [3.63, 3.8) is 0 Å². The van der Waals surface area contributed by atoms with Gasteiger partial charge in [-0.1, -0.05) is 44.2 Å². The molecule has 0 spiro atoms. The lowest BCUT2D eigenvalue weighted by atomic mass is 9.86. The van der Waals surface area contributed by atoms with Gasteiger partial charge in [0.05, 0.1) is 0 Å². The van der Waals surface area contributed by atoms with Gasteiger partial charge >= 0.3 is 0 Å². The first-order valence-electron chi connectivity index (χ1n) is 7.41. The fourth-order valence-electron chi connectivity index (χ4n) is 2.39. The molecule has 1 aromatic carbocycles. The molecule has 1 atom stereocenters. The van der Waals surface area contributed by atoms with Crippen molar-refractivity contribution in [1.29, 1.82) is 0 Å². The van der Waals surface area contributed by atoms with Gasteiger partial charge in [0.2, 0.25) is 5.91 Å². The standard InChI is InChI=1S/C17H20N2O3S/c1-13(2)16(14-7-4-3-5-8-14)11-17(20)19-23(21,22)15-9-6-10-18-12-15/h3-10,12-13,16H,11H2,1-2H3,(H,19,20). The summed E-state index contributed by atoms with van der Waals surface area (Å²) in [5.41, 5.74) is 1.02. The summed E-state index contributed by atoms with van der Waals surface area (Å²) in [6.45, 7) is 4.03. The number of nitrogens with zero attached hydrogens (tertiary/aromatic N) is 1. The molecule has 2 aromatic rings. The number of rotatable bonds is 6. The number of carbonyl (C=O) groups excluding carboxylic acids is 1. The monoisotopic (exact) mass is 332 g/mol. The molecule has 2 rings (SSSR count). The zero-order valence-corrected chi connectivity index (χ0v) is 14.0. The normalized spacial score (nSPS) is 12.8. The van der Waals surface area contributed by atoms with Gasteiger partial charge in [0.25, 0.3) is 10.0 Å². The van der Waals surface area contributed by atoms with Gasteiger partial charge in [-0.3, -0.25) is 9.78 Å². The average molecular weight is 332 g/mol. The number of nitrogens with one attached hydrogen (secondary N) is 1. The van der Waals surface area contributed by atoms with Crippen LogP contribution in [0, 0.1) is 5.92 Å². The van der Waals surface area contributed by atoms with Crippen LogP contribution in [0.1, 0.15) is 31.7 Å². The van der Waals surface area contributed by atoms with E-state index < -0.39 is 15.9 Å². The van der Waals surface area contributed by atoms with E-state index in [1.54, 1.807) is 0 Å². The highest BCUT2D eigenvalue weighted by Gasteiger charge is 2.23. The van der Waals surface area contributed by atoms with Gasteiger partial charge in [0, 0.05) is 18.8 Å². The molecule has 0 bridgehead atoms. The molecule has 1 aromatic heterocycles. The van der Waals surface area contributed by atoms with E-state index in [1.165, 1.54) is 24.5 Å². The molecule has 0 saturated heterocycles. The first-order chi connectivity index (χ1) is 10.9. The van der Waals surface area contributed by atoms with Crippen molar-refractivity contribution < 1.29 is 13.2 Å². The second-order valence-electron chi connectivity index (χ2n) is 5.68. The molecule has 0 aliphatic carbocycles. The molecule has 5 nitrogen and oxygen atoms in total. The summed E-state index contributed by atoms with van der Waals surface area (Å²) < 4.78 is 26.4. The summed E-state index contributed by atoms with van der Waals surface area (Å²) in [6, 6.07) is 12.6. The Morgan fingerprint density at radius 3 is 2.39 bits per heavy atom. The maximum atomic E-state index is 12.2. The number of amides is 1. The lowest BCUT2D eigenvalue weighted by Crippen LogP contribution is -2.32. The summed E-state index contributed by atoms with van der Waals surface area (Å²) in [7, 11) is -3.88. The van der Waals surface area contributed by atoms with Crippen LogP contribution in [0.4, 0.5) is 0 Å². The Labute approximate surface area is 136 Å². The number of pyridine rings is 1. The van der Waals surface area contributed by atoms with Gasteiger partial charge in [-0.15, -0.1) is 0 Å². The van der Waals surface area contributed by atoms with Crippen molar-refractivity contribution in [2.45, 2.75) is 31.1 Å². The molecule has 1 heterocycles. The second kappa shape index (κ2) is 7.37. The fourth-order valence-corrected chi connectivity index (χ4v) is 3.35. The predicted molar refractivity (Wildman–Crippen MR) is 88.2 cm³/mol. The Kier molecular flexibility index (Phi) is 5.50. The Morgan fingerprint density at radius 2 is 1.83 bits per heavy atom. The van der Waals surface area contributed by atoms with Gasteiger partial charge in [-0.25, -0.2) is 13.1 Å². The average Bonchev–Trinajstić information content (AvgIpc) is 2.53. The first kappa shape index (κ1) is 17.1. The van der Waals surface area contributed by atoms with Crippen molar-refractivity contribution in [2.75, 3.05) is 0 Å². The minimum absolute atomic E-state index is 0.0193. The van der Waals surface area contributed by atoms with E-state index in [-0.39, 0.29) is 23.2 Å². The molecule has 1 unspecified atom stereocenters. The number of hydrogen-bond acceptors (Lipinski definition) is 4. The Balaban J connectivity index is 2.11. The quantitative estimate of drug-likeness (QED) is 0.882. The minimum atomic E-state index is -3.88. The molecular weight excluding hydrogens is 312 g/mol. The molecule has 122 valence electrons.